The molecule has 0 aliphatic heterocycles. The number of carbonyl (C=O) groups is 1. The molecule has 0 atom stereocenters. The lowest BCUT2D eigenvalue weighted by Gasteiger charge is -1.78. The van der Waals surface area contributed by atoms with Gasteiger partial charge in [0.15, 0.2) is 5.69 Å². The minimum atomic E-state index is -0.721. The number of rotatable bonds is 2. The Hall–Kier alpha value is -1.81. The Bertz CT molecular complexity index is 337. The van der Waals surface area contributed by atoms with Gasteiger partial charge in [0.2, 0.25) is 0 Å². The number of amides is 1. The van der Waals surface area contributed by atoms with Crippen molar-refractivity contribution in [2.24, 2.45) is 5.11 Å². The fraction of sp³-hybridized carbons (Fsp3) is 0.333. The molecule has 0 fully saturated rings. The molecule has 6 heteroatoms. The normalized spacial score (nSPS) is 9.08. The van der Waals surface area contributed by atoms with Crippen molar-refractivity contribution >= 4 is 5.91 Å². The average Bonchev–Trinajstić information content (AvgIpc) is 2.52. The second-order valence-electron chi connectivity index (χ2n) is 2.03. The van der Waals surface area contributed by atoms with Crippen molar-refractivity contribution in [3.63, 3.8) is 0 Å². The highest BCUT2D eigenvalue weighted by Gasteiger charge is 2.08. The molecule has 0 aliphatic rings. The minimum Gasteiger partial charge on any atom is -0.361 e. The van der Waals surface area contributed by atoms with Crippen LogP contribution in [0.2, 0.25) is 0 Å². The second-order valence-corrected chi connectivity index (χ2v) is 2.03. The van der Waals surface area contributed by atoms with Crippen molar-refractivity contribution in [2.75, 3.05) is 0 Å². The monoisotopic (exact) mass is 166 g/mol. The molecule has 1 heterocycles. The molecule has 0 unspecified atom stereocenters. The minimum absolute atomic E-state index is 0.0460. The lowest BCUT2D eigenvalue weighted by molar-refractivity contribution is 0.0991. The fourth-order valence-corrected chi connectivity index (χ4v) is 0.672. The van der Waals surface area contributed by atoms with E-state index in [0.29, 0.717) is 12.2 Å². The molecule has 0 saturated heterocycles. The molecule has 0 N–H and O–H groups in total. The highest BCUT2D eigenvalue weighted by molar-refractivity contribution is 5.92. The van der Waals surface area contributed by atoms with E-state index >= 15 is 0 Å². The summed E-state index contributed by atoms with van der Waals surface area (Å²) in [5.41, 5.74) is 7.99. The van der Waals surface area contributed by atoms with Gasteiger partial charge in [-0.1, -0.05) is 12.1 Å². The van der Waals surface area contributed by atoms with Gasteiger partial charge in [-0.15, -0.1) is 0 Å². The molecule has 1 rings (SSSR count). The van der Waals surface area contributed by atoms with E-state index < -0.39 is 5.91 Å². The van der Waals surface area contributed by atoms with Crippen molar-refractivity contribution in [2.45, 2.75) is 13.3 Å². The zero-order chi connectivity index (χ0) is 8.97. The number of nitrogens with zero attached hydrogens (tertiary/aromatic N) is 4. The van der Waals surface area contributed by atoms with Crippen LogP contribution in [-0.2, 0) is 6.42 Å². The van der Waals surface area contributed by atoms with Crippen LogP contribution < -0.4 is 0 Å². The van der Waals surface area contributed by atoms with Crippen molar-refractivity contribution in [3.8, 4) is 0 Å². The largest absolute Gasteiger partial charge is 0.361 e. The first-order valence-corrected chi connectivity index (χ1v) is 3.33. The predicted octanol–water partition coefficient (Wildman–Crippen LogP) is 1.69. The molecule has 0 aromatic carbocycles. The Balaban J connectivity index is 2.88. The van der Waals surface area contributed by atoms with Crippen LogP contribution in [0.25, 0.3) is 10.4 Å². The lowest BCUT2D eigenvalue weighted by atomic mass is 10.3. The standard InChI is InChI=1S/C6H6N4O2/c1-2-4-3-5(9-12-4)6(11)8-10-7/h3H,2H2,1H3. The van der Waals surface area contributed by atoms with Gasteiger partial charge in [0.05, 0.1) is 0 Å². The molecule has 1 aromatic heterocycles. The van der Waals surface area contributed by atoms with Crippen LogP contribution in [0.5, 0.6) is 0 Å². The van der Waals surface area contributed by atoms with E-state index in [9.17, 15) is 4.79 Å². The van der Waals surface area contributed by atoms with Crippen LogP contribution in [0, 0.1) is 0 Å². The van der Waals surface area contributed by atoms with Crippen LogP contribution in [-0.4, -0.2) is 11.1 Å². The lowest BCUT2D eigenvalue weighted by Crippen LogP contribution is -1.91. The topological polar surface area (TPSA) is 91.9 Å². The van der Waals surface area contributed by atoms with Gasteiger partial charge in [-0.05, 0) is 10.6 Å². The summed E-state index contributed by atoms with van der Waals surface area (Å²) in [7, 11) is 0. The quantitative estimate of drug-likeness (QED) is 0.380. The summed E-state index contributed by atoms with van der Waals surface area (Å²) < 4.78 is 4.73. The van der Waals surface area contributed by atoms with Crippen LogP contribution in [0.15, 0.2) is 15.7 Å². The summed E-state index contributed by atoms with van der Waals surface area (Å²) in [6.45, 7) is 1.86. The first kappa shape index (κ1) is 8.29. The summed E-state index contributed by atoms with van der Waals surface area (Å²) in [5, 5.41) is 6.28. The highest BCUT2D eigenvalue weighted by Crippen LogP contribution is 2.05. The zero-order valence-electron chi connectivity index (χ0n) is 6.39. The molecule has 0 radical (unpaired) electrons. The number of azide groups is 1. The van der Waals surface area contributed by atoms with Gasteiger partial charge < -0.3 is 4.52 Å². The van der Waals surface area contributed by atoms with Crippen molar-refractivity contribution < 1.29 is 9.32 Å². The molecule has 6 nitrogen and oxygen atoms in total. The van der Waals surface area contributed by atoms with Gasteiger partial charge in [0, 0.05) is 17.4 Å². The number of aryl methyl sites for hydroxylation is 1. The third-order valence-electron chi connectivity index (χ3n) is 1.26. The van der Waals surface area contributed by atoms with Crippen molar-refractivity contribution in [1.29, 1.82) is 0 Å². The van der Waals surface area contributed by atoms with Gasteiger partial charge in [-0.25, -0.2) is 0 Å². The van der Waals surface area contributed by atoms with E-state index in [-0.39, 0.29) is 5.69 Å². The molecule has 0 spiro atoms. The Labute approximate surface area is 67.8 Å². The van der Waals surface area contributed by atoms with E-state index in [1.165, 1.54) is 6.07 Å². The summed E-state index contributed by atoms with van der Waals surface area (Å²) in [4.78, 5) is 13.2. The Morgan fingerprint density at radius 3 is 3.17 bits per heavy atom. The van der Waals surface area contributed by atoms with Crippen LogP contribution >= 0.6 is 0 Å². The van der Waals surface area contributed by atoms with E-state index in [1.54, 1.807) is 0 Å². The predicted molar refractivity (Wildman–Crippen MR) is 39.4 cm³/mol. The number of hydrogen-bond donors (Lipinski definition) is 0. The molecular formula is C6H6N4O2. The Morgan fingerprint density at radius 2 is 2.67 bits per heavy atom. The van der Waals surface area contributed by atoms with Crippen molar-refractivity contribution in [1.82, 2.24) is 5.16 Å². The van der Waals surface area contributed by atoms with E-state index in [2.05, 4.69) is 15.2 Å². The Kier molecular flexibility index (Phi) is 2.45. The fourth-order valence-electron chi connectivity index (χ4n) is 0.672. The summed E-state index contributed by atoms with van der Waals surface area (Å²) in [6, 6.07) is 1.46. The van der Waals surface area contributed by atoms with Gasteiger partial charge in [0.1, 0.15) is 5.76 Å². The second kappa shape index (κ2) is 3.54. The Morgan fingerprint density at radius 1 is 1.92 bits per heavy atom. The number of aromatic nitrogens is 1. The first-order chi connectivity index (χ1) is 5.77. The summed E-state index contributed by atoms with van der Waals surface area (Å²) in [5.74, 6) is -0.132. The maximum Gasteiger partial charge on any atom is 0.270 e. The SMILES string of the molecule is CCc1cc(C(=O)N=[N+]=[N-])no1. The van der Waals surface area contributed by atoms with Crippen LogP contribution in [0.4, 0.5) is 0 Å². The van der Waals surface area contributed by atoms with Gasteiger partial charge in [-0.3, -0.25) is 4.79 Å². The maximum absolute atomic E-state index is 10.8. The maximum atomic E-state index is 10.8. The highest BCUT2D eigenvalue weighted by atomic mass is 16.5. The molecule has 1 aromatic rings. The van der Waals surface area contributed by atoms with E-state index in [0.717, 1.165) is 0 Å². The average molecular weight is 166 g/mol. The van der Waals surface area contributed by atoms with Gasteiger partial charge in [0.25, 0.3) is 5.91 Å². The summed E-state index contributed by atoms with van der Waals surface area (Å²) in [6.07, 6.45) is 0.649. The first-order valence-electron chi connectivity index (χ1n) is 3.33. The van der Waals surface area contributed by atoms with Crippen LogP contribution in [0.3, 0.4) is 0 Å². The number of hydrogen-bond acceptors (Lipinski definition) is 3. The van der Waals surface area contributed by atoms with E-state index in [1.807, 2.05) is 6.92 Å². The summed E-state index contributed by atoms with van der Waals surface area (Å²) >= 11 is 0. The zero-order valence-corrected chi connectivity index (χ0v) is 6.39. The molecule has 0 aliphatic carbocycles. The van der Waals surface area contributed by atoms with E-state index in [4.69, 9.17) is 10.1 Å². The molecule has 0 saturated carbocycles. The number of carbonyl (C=O) groups excluding carboxylic acids is 1. The smallest absolute Gasteiger partial charge is 0.270 e. The molecule has 0 bridgehead atoms. The van der Waals surface area contributed by atoms with Crippen molar-refractivity contribution in [3.05, 3.63) is 28.0 Å². The third-order valence-corrected chi connectivity index (χ3v) is 1.26. The molecule has 1 amide bonds. The molecular weight excluding hydrogens is 160 g/mol. The molecule has 62 valence electrons. The van der Waals surface area contributed by atoms with Crippen LogP contribution in [0.1, 0.15) is 23.2 Å². The molecule has 12 heavy (non-hydrogen) atoms. The van der Waals surface area contributed by atoms with Gasteiger partial charge >= 0.3 is 0 Å². The third kappa shape index (κ3) is 1.62. The van der Waals surface area contributed by atoms with Gasteiger partial charge in [-0.2, -0.15) is 0 Å².